The summed E-state index contributed by atoms with van der Waals surface area (Å²) in [5, 5.41) is 22.7. The maximum Gasteiger partial charge on any atom is 0.278 e. The number of carbonyl (C=O) groups is 1. The highest BCUT2D eigenvalue weighted by Crippen LogP contribution is 2.23. The molecule has 3 aromatic rings. The van der Waals surface area contributed by atoms with Gasteiger partial charge in [0, 0.05) is 22.9 Å². The molecular formula is C12H9N5O3S. The number of rotatable bonds is 3. The number of hydrogen-bond donors (Lipinski definition) is 2. The molecule has 106 valence electrons. The molecule has 0 atom stereocenters. The van der Waals surface area contributed by atoms with E-state index in [1.54, 1.807) is 0 Å². The van der Waals surface area contributed by atoms with Crippen molar-refractivity contribution in [1.82, 2.24) is 15.2 Å². The third-order valence-electron chi connectivity index (χ3n) is 2.81. The van der Waals surface area contributed by atoms with E-state index in [4.69, 9.17) is 0 Å². The largest absolute Gasteiger partial charge is 0.296 e. The average molecular weight is 303 g/mol. The van der Waals surface area contributed by atoms with Gasteiger partial charge in [0.1, 0.15) is 0 Å². The Kier molecular flexibility index (Phi) is 3.10. The molecule has 0 spiro atoms. The number of thiazole rings is 1. The number of aromatic nitrogens is 3. The van der Waals surface area contributed by atoms with Crippen molar-refractivity contribution in [2.24, 2.45) is 0 Å². The Balaban J connectivity index is 1.97. The number of hydrogen-bond acceptors (Lipinski definition) is 6. The van der Waals surface area contributed by atoms with Crippen molar-refractivity contribution >= 4 is 39.0 Å². The SMILES string of the molecule is Cc1csc(NC(=O)c2n[nH]c3ccc([N+](=O)[O-])cc23)n1. The van der Waals surface area contributed by atoms with Gasteiger partial charge in [0.2, 0.25) is 0 Å². The molecule has 21 heavy (non-hydrogen) atoms. The lowest BCUT2D eigenvalue weighted by Gasteiger charge is -1.98. The number of H-pyrrole nitrogens is 1. The predicted octanol–water partition coefficient (Wildman–Crippen LogP) is 2.49. The maximum absolute atomic E-state index is 12.2. The number of non-ortho nitro benzene ring substituents is 1. The molecule has 3 rings (SSSR count). The molecule has 0 aliphatic rings. The summed E-state index contributed by atoms with van der Waals surface area (Å²) in [6.45, 7) is 1.82. The average Bonchev–Trinajstić information content (AvgIpc) is 3.04. The number of benzene rings is 1. The van der Waals surface area contributed by atoms with Crippen molar-refractivity contribution in [1.29, 1.82) is 0 Å². The van der Waals surface area contributed by atoms with Crippen molar-refractivity contribution in [3.8, 4) is 0 Å². The molecule has 0 bridgehead atoms. The molecule has 8 nitrogen and oxygen atoms in total. The zero-order chi connectivity index (χ0) is 15.0. The van der Waals surface area contributed by atoms with Crippen LogP contribution in [-0.4, -0.2) is 26.0 Å². The number of amides is 1. The van der Waals surface area contributed by atoms with Gasteiger partial charge in [0.05, 0.1) is 16.1 Å². The molecule has 0 radical (unpaired) electrons. The van der Waals surface area contributed by atoms with E-state index >= 15 is 0 Å². The van der Waals surface area contributed by atoms with Crippen LogP contribution in [0.1, 0.15) is 16.2 Å². The van der Waals surface area contributed by atoms with Crippen LogP contribution in [-0.2, 0) is 0 Å². The molecule has 2 N–H and O–H groups in total. The molecule has 2 heterocycles. The van der Waals surface area contributed by atoms with Crippen LogP contribution in [0.5, 0.6) is 0 Å². The van der Waals surface area contributed by atoms with Crippen LogP contribution < -0.4 is 5.32 Å². The Morgan fingerprint density at radius 1 is 1.48 bits per heavy atom. The summed E-state index contributed by atoms with van der Waals surface area (Å²) in [5.74, 6) is -0.462. The Bertz CT molecular complexity index is 854. The highest BCUT2D eigenvalue weighted by atomic mass is 32.1. The molecule has 9 heteroatoms. The van der Waals surface area contributed by atoms with Gasteiger partial charge in [-0.3, -0.25) is 25.3 Å². The van der Waals surface area contributed by atoms with E-state index in [1.165, 1.54) is 29.5 Å². The lowest BCUT2D eigenvalue weighted by atomic mass is 10.2. The minimum atomic E-state index is -0.516. The van der Waals surface area contributed by atoms with E-state index in [0.29, 0.717) is 16.0 Å². The molecule has 0 saturated carbocycles. The van der Waals surface area contributed by atoms with E-state index in [9.17, 15) is 14.9 Å². The van der Waals surface area contributed by atoms with Crippen LogP contribution in [0.2, 0.25) is 0 Å². The maximum atomic E-state index is 12.2. The summed E-state index contributed by atoms with van der Waals surface area (Å²) in [6, 6.07) is 4.19. The molecule has 0 unspecified atom stereocenters. The monoisotopic (exact) mass is 303 g/mol. The number of nitrogens with zero attached hydrogens (tertiary/aromatic N) is 3. The first-order valence-electron chi connectivity index (χ1n) is 5.90. The number of nitrogens with one attached hydrogen (secondary N) is 2. The first kappa shape index (κ1) is 13.2. The van der Waals surface area contributed by atoms with E-state index in [2.05, 4.69) is 20.5 Å². The van der Waals surface area contributed by atoms with Gasteiger partial charge in [-0.25, -0.2) is 4.98 Å². The van der Waals surface area contributed by atoms with Crippen LogP contribution in [0.3, 0.4) is 0 Å². The van der Waals surface area contributed by atoms with Gasteiger partial charge in [-0.1, -0.05) is 0 Å². The Morgan fingerprint density at radius 2 is 2.29 bits per heavy atom. The second-order valence-electron chi connectivity index (χ2n) is 4.31. The zero-order valence-corrected chi connectivity index (χ0v) is 11.6. The van der Waals surface area contributed by atoms with Crippen molar-refractivity contribution < 1.29 is 9.72 Å². The minimum absolute atomic E-state index is 0.0944. The Hall–Kier alpha value is -2.81. The number of aromatic amines is 1. The number of carbonyl (C=O) groups excluding carboxylic acids is 1. The lowest BCUT2D eigenvalue weighted by molar-refractivity contribution is -0.384. The minimum Gasteiger partial charge on any atom is -0.296 e. The fourth-order valence-electron chi connectivity index (χ4n) is 1.86. The van der Waals surface area contributed by atoms with Crippen LogP contribution in [0.15, 0.2) is 23.6 Å². The lowest BCUT2D eigenvalue weighted by Crippen LogP contribution is -2.12. The van der Waals surface area contributed by atoms with Gasteiger partial charge in [0.25, 0.3) is 11.6 Å². The van der Waals surface area contributed by atoms with Gasteiger partial charge >= 0.3 is 0 Å². The van der Waals surface area contributed by atoms with Crippen LogP contribution in [0, 0.1) is 17.0 Å². The molecule has 2 aromatic heterocycles. The number of anilines is 1. The van der Waals surface area contributed by atoms with Gasteiger partial charge in [-0.2, -0.15) is 5.10 Å². The van der Waals surface area contributed by atoms with Crippen molar-refractivity contribution in [3.63, 3.8) is 0 Å². The third-order valence-corrected chi connectivity index (χ3v) is 3.69. The van der Waals surface area contributed by atoms with E-state index in [1.807, 2.05) is 12.3 Å². The zero-order valence-electron chi connectivity index (χ0n) is 10.8. The number of aryl methyl sites for hydroxylation is 1. The molecule has 0 aliphatic heterocycles. The molecule has 1 amide bonds. The van der Waals surface area contributed by atoms with Crippen molar-refractivity contribution in [3.05, 3.63) is 45.1 Å². The van der Waals surface area contributed by atoms with Crippen molar-refractivity contribution in [2.75, 3.05) is 5.32 Å². The summed E-state index contributed by atoms with van der Waals surface area (Å²) < 4.78 is 0. The van der Waals surface area contributed by atoms with E-state index in [0.717, 1.165) is 5.69 Å². The summed E-state index contributed by atoms with van der Waals surface area (Å²) in [7, 11) is 0. The summed E-state index contributed by atoms with van der Waals surface area (Å²) >= 11 is 1.30. The Morgan fingerprint density at radius 3 is 2.95 bits per heavy atom. The van der Waals surface area contributed by atoms with Crippen LogP contribution in [0.25, 0.3) is 10.9 Å². The molecule has 1 aromatic carbocycles. The standard InChI is InChI=1S/C12H9N5O3S/c1-6-5-21-12(13-6)14-11(18)10-8-4-7(17(19)20)2-3-9(8)15-16-10/h2-5H,1H3,(H,15,16)(H,13,14,18). The highest BCUT2D eigenvalue weighted by Gasteiger charge is 2.18. The number of fused-ring (bicyclic) bond motifs is 1. The first-order valence-corrected chi connectivity index (χ1v) is 6.78. The molecule has 0 fully saturated rings. The smallest absolute Gasteiger partial charge is 0.278 e. The highest BCUT2D eigenvalue weighted by molar-refractivity contribution is 7.13. The van der Waals surface area contributed by atoms with E-state index in [-0.39, 0.29) is 11.4 Å². The number of nitro groups is 1. The van der Waals surface area contributed by atoms with Gasteiger partial charge in [0.15, 0.2) is 10.8 Å². The normalized spacial score (nSPS) is 10.7. The van der Waals surface area contributed by atoms with Crippen LogP contribution in [0.4, 0.5) is 10.8 Å². The summed E-state index contributed by atoms with van der Waals surface area (Å²) in [4.78, 5) is 26.6. The molecule has 0 saturated heterocycles. The first-order chi connectivity index (χ1) is 10.0. The van der Waals surface area contributed by atoms with Gasteiger partial charge in [-0.05, 0) is 13.0 Å². The third kappa shape index (κ3) is 2.46. The quantitative estimate of drug-likeness (QED) is 0.570. The van der Waals surface area contributed by atoms with Crippen LogP contribution >= 0.6 is 11.3 Å². The molecular weight excluding hydrogens is 294 g/mol. The number of nitro benzene ring substituents is 1. The predicted molar refractivity (Wildman–Crippen MR) is 77.6 cm³/mol. The van der Waals surface area contributed by atoms with E-state index < -0.39 is 10.8 Å². The fourth-order valence-corrected chi connectivity index (χ4v) is 2.54. The summed E-state index contributed by atoms with van der Waals surface area (Å²) in [6.07, 6.45) is 0. The topological polar surface area (TPSA) is 114 Å². The molecule has 0 aliphatic carbocycles. The Labute approximate surface area is 122 Å². The summed E-state index contributed by atoms with van der Waals surface area (Å²) in [5.41, 5.74) is 1.36. The van der Waals surface area contributed by atoms with Crippen molar-refractivity contribution in [2.45, 2.75) is 6.92 Å². The van der Waals surface area contributed by atoms with Gasteiger partial charge < -0.3 is 0 Å². The second-order valence-corrected chi connectivity index (χ2v) is 5.17. The second kappa shape index (κ2) is 4.94. The fraction of sp³-hybridized carbons (Fsp3) is 0.0833. The van der Waals surface area contributed by atoms with Gasteiger partial charge in [-0.15, -0.1) is 11.3 Å².